The SMILES string of the molecule is N#CCCSc1ncc[nH]1. The number of aromatic nitrogens is 2. The van der Waals surface area contributed by atoms with Crippen LogP contribution < -0.4 is 0 Å². The summed E-state index contributed by atoms with van der Waals surface area (Å²) >= 11 is 1.56. The standard InChI is InChI=1S/C6H7N3S/c7-2-1-5-10-6-8-3-4-9-6/h3-4H,1,5H2,(H,8,9). The predicted molar refractivity (Wildman–Crippen MR) is 39.5 cm³/mol. The lowest BCUT2D eigenvalue weighted by molar-refractivity contribution is 1.05. The van der Waals surface area contributed by atoms with Crippen molar-refractivity contribution in [3.8, 4) is 6.07 Å². The molecule has 0 spiro atoms. The lowest BCUT2D eigenvalue weighted by Gasteiger charge is -1.88. The smallest absolute Gasteiger partial charge is 0.165 e. The van der Waals surface area contributed by atoms with Gasteiger partial charge in [-0.25, -0.2) is 4.98 Å². The van der Waals surface area contributed by atoms with Crippen LogP contribution in [0.5, 0.6) is 0 Å². The number of H-pyrrole nitrogens is 1. The maximum Gasteiger partial charge on any atom is 0.165 e. The fourth-order valence-corrected chi connectivity index (χ4v) is 1.20. The summed E-state index contributed by atoms with van der Waals surface area (Å²) < 4.78 is 0. The highest BCUT2D eigenvalue weighted by Crippen LogP contribution is 2.11. The van der Waals surface area contributed by atoms with Gasteiger partial charge in [0.1, 0.15) is 0 Å². The van der Waals surface area contributed by atoms with Gasteiger partial charge < -0.3 is 4.98 Å². The molecule has 0 amide bonds. The molecule has 0 fully saturated rings. The predicted octanol–water partition coefficient (Wildman–Crippen LogP) is 1.42. The minimum atomic E-state index is 0.575. The van der Waals surface area contributed by atoms with Crippen molar-refractivity contribution in [3.05, 3.63) is 12.4 Å². The summed E-state index contributed by atoms with van der Waals surface area (Å²) in [6.45, 7) is 0. The largest absolute Gasteiger partial charge is 0.340 e. The quantitative estimate of drug-likeness (QED) is 0.527. The Kier molecular flexibility index (Phi) is 2.84. The molecule has 1 N–H and O–H groups in total. The van der Waals surface area contributed by atoms with E-state index in [0.29, 0.717) is 6.42 Å². The van der Waals surface area contributed by atoms with Crippen molar-refractivity contribution in [1.29, 1.82) is 5.26 Å². The van der Waals surface area contributed by atoms with E-state index in [1.54, 1.807) is 24.2 Å². The fourth-order valence-electron chi connectivity index (χ4n) is 0.523. The Labute approximate surface area is 63.5 Å². The van der Waals surface area contributed by atoms with Gasteiger partial charge in [-0.1, -0.05) is 11.8 Å². The Morgan fingerprint density at radius 1 is 1.80 bits per heavy atom. The maximum atomic E-state index is 8.20. The highest BCUT2D eigenvalue weighted by Gasteiger charge is 1.92. The van der Waals surface area contributed by atoms with Crippen molar-refractivity contribution in [1.82, 2.24) is 9.97 Å². The van der Waals surface area contributed by atoms with Crippen LogP contribution in [0.3, 0.4) is 0 Å². The first kappa shape index (κ1) is 7.16. The van der Waals surface area contributed by atoms with E-state index < -0.39 is 0 Å². The lowest BCUT2D eigenvalue weighted by atomic mass is 10.6. The summed E-state index contributed by atoms with van der Waals surface area (Å²) in [5.74, 6) is 0.810. The zero-order chi connectivity index (χ0) is 7.23. The van der Waals surface area contributed by atoms with Gasteiger partial charge in [0.15, 0.2) is 5.16 Å². The lowest BCUT2D eigenvalue weighted by Crippen LogP contribution is -1.77. The first-order chi connectivity index (χ1) is 4.93. The zero-order valence-electron chi connectivity index (χ0n) is 5.37. The third kappa shape index (κ3) is 2.11. The van der Waals surface area contributed by atoms with E-state index in [9.17, 15) is 0 Å². The van der Waals surface area contributed by atoms with Crippen LogP contribution in [0.15, 0.2) is 17.6 Å². The molecule has 52 valence electrons. The van der Waals surface area contributed by atoms with Crippen LogP contribution in [-0.4, -0.2) is 15.7 Å². The van der Waals surface area contributed by atoms with Crippen LogP contribution in [0.1, 0.15) is 6.42 Å². The minimum Gasteiger partial charge on any atom is -0.340 e. The van der Waals surface area contributed by atoms with Gasteiger partial charge in [-0.05, 0) is 0 Å². The molecule has 4 heteroatoms. The monoisotopic (exact) mass is 153 g/mol. The van der Waals surface area contributed by atoms with Crippen molar-refractivity contribution < 1.29 is 0 Å². The molecule has 0 bridgehead atoms. The van der Waals surface area contributed by atoms with E-state index in [1.807, 2.05) is 0 Å². The van der Waals surface area contributed by atoms with E-state index in [-0.39, 0.29) is 0 Å². The summed E-state index contributed by atoms with van der Waals surface area (Å²) in [5, 5.41) is 9.09. The van der Waals surface area contributed by atoms with Gasteiger partial charge in [0.25, 0.3) is 0 Å². The molecule has 0 aliphatic heterocycles. The van der Waals surface area contributed by atoms with E-state index in [2.05, 4.69) is 16.0 Å². The van der Waals surface area contributed by atoms with Crippen LogP contribution in [0.4, 0.5) is 0 Å². The number of nitriles is 1. The Morgan fingerprint density at radius 3 is 3.30 bits per heavy atom. The van der Waals surface area contributed by atoms with Crippen LogP contribution in [0.2, 0.25) is 0 Å². The number of nitrogens with zero attached hydrogens (tertiary/aromatic N) is 2. The Morgan fingerprint density at radius 2 is 2.70 bits per heavy atom. The van der Waals surface area contributed by atoms with Gasteiger partial charge in [0, 0.05) is 24.6 Å². The molecule has 0 atom stereocenters. The molecular formula is C6H7N3S. The molecule has 0 saturated carbocycles. The number of thioether (sulfide) groups is 1. The van der Waals surface area contributed by atoms with Crippen molar-refractivity contribution in [3.63, 3.8) is 0 Å². The normalized spacial score (nSPS) is 9.10. The Bertz CT molecular complexity index is 211. The van der Waals surface area contributed by atoms with Crippen molar-refractivity contribution >= 4 is 11.8 Å². The van der Waals surface area contributed by atoms with E-state index >= 15 is 0 Å². The van der Waals surface area contributed by atoms with Crippen molar-refractivity contribution in [2.24, 2.45) is 0 Å². The van der Waals surface area contributed by atoms with Gasteiger partial charge in [-0.2, -0.15) is 5.26 Å². The molecule has 0 aromatic carbocycles. The second-order valence-electron chi connectivity index (χ2n) is 1.65. The molecule has 1 aromatic rings. The topological polar surface area (TPSA) is 52.5 Å². The van der Waals surface area contributed by atoms with Gasteiger partial charge >= 0.3 is 0 Å². The van der Waals surface area contributed by atoms with E-state index in [4.69, 9.17) is 5.26 Å². The summed E-state index contributed by atoms with van der Waals surface area (Å²) in [6, 6.07) is 2.07. The first-order valence-electron chi connectivity index (χ1n) is 2.92. The molecule has 1 rings (SSSR count). The van der Waals surface area contributed by atoms with Crippen molar-refractivity contribution in [2.75, 3.05) is 5.75 Å². The second kappa shape index (κ2) is 3.96. The van der Waals surface area contributed by atoms with Crippen LogP contribution >= 0.6 is 11.8 Å². The van der Waals surface area contributed by atoms with Gasteiger partial charge in [0.05, 0.1) is 6.07 Å². The number of imidazole rings is 1. The number of aromatic amines is 1. The van der Waals surface area contributed by atoms with Gasteiger partial charge in [-0.15, -0.1) is 0 Å². The first-order valence-corrected chi connectivity index (χ1v) is 3.91. The van der Waals surface area contributed by atoms with E-state index in [0.717, 1.165) is 10.9 Å². The summed E-state index contributed by atoms with van der Waals surface area (Å²) in [7, 11) is 0. The third-order valence-electron chi connectivity index (χ3n) is 0.926. The van der Waals surface area contributed by atoms with Crippen LogP contribution in [0, 0.1) is 11.3 Å². The zero-order valence-corrected chi connectivity index (χ0v) is 6.19. The molecule has 1 heterocycles. The second-order valence-corrected chi connectivity index (χ2v) is 2.73. The van der Waals surface area contributed by atoms with Crippen molar-refractivity contribution in [2.45, 2.75) is 11.6 Å². The highest BCUT2D eigenvalue weighted by atomic mass is 32.2. The fraction of sp³-hybridized carbons (Fsp3) is 0.333. The number of rotatable bonds is 3. The van der Waals surface area contributed by atoms with E-state index in [1.165, 1.54) is 0 Å². The average molecular weight is 153 g/mol. The summed E-state index contributed by atoms with van der Waals surface area (Å²) in [4.78, 5) is 6.92. The molecule has 1 aromatic heterocycles. The molecule has 0 aliphatic rings. The molecule has 3 nitrogen and oxygen atoms in total. The van der Waals surface area contributed by atoms with Gasteiger partial charge in [-0.3, -0.25) is 0 Å². The molecule has 0 unspecified atom stereocenters. The Balaban J connectivity index is 2.23. The third-order valence-corrected chi connectivity index (χ3v) is 1.83. The molecular weight excluding hydrogens is 146 g/mol. The molecule has 0 saturated heterocycles. The number of hydrogen-bond acceptors (Lipinski definition) is 3. The molecule has 0 radical (unpaired) electrons. The number of nitrogens with one attached hydrogen (secondary N) is 1. The number of hydrogen-bond donors (Lipinski definition) is 1. The van der Waals surface area contributed by atoms with Gasteiger partial charge in [0.2, 0.25) is 0 Å². The Hall–Kier alpha value is -0.950. The summed E-state index contributed by atoms with van der Waals surface area (Å²) in [5.41, 5.74) is 0. The average Bonchev–Trinajstić information content (AvgIpc) is 2.41. The van der Waals surface area contributed by atoms with Crippen LogP contribution in [-0.2, 0) is 0 Å². The summed E-state index contributed by atoms with van der Waals surface area (Å²) in [6.07, 6.45) is 4.05. The maximum absolute atomic E-state index is 8.20. The minimum absolute atomic E-state index is 0.575. The highest BCUT2D eigenvalue weighted by molar-refractivity contribution is 7.99. The van der Waals surface area contributed by atoms with Crippen LogP contribution in [0.25, 0.3) is 0 Å². The molecule has 10 heavy (non-hydrogen) atoms. The molecule has 0 aliphatic carbocycles.